The van der Waals surface area contributed by atoms with Gasteiger partial charge in [0.15, 0.2) is 0 Å². The fourth-order valence-electron chi connectivity index (χ4n) is 5.06. The number of rotatable bonds is 6. The van der Waals surface area contributed by atoms with Crippen molar-refractivity contribution in [3.05, 3.63) is 89.6 Å². The van der Waals surface area contributed by atoms with Crippen LogP contribution in [0.3, 0.4) is 0 Å². The van der Waals surface area contributed by atoms with Crippen LogP contribution in [0.2, 0.25) is 0 Å². The number of allylic oxidation sites excluding steroid dienone is 1. The third-order valence-electron chi connectivity index (χ3n) is 7.00. The lowest BCUT2D eigenvalue weighted by atomic mass is 9.85. The van der Waals surface area contributed by atoms with Gasteiger partial charge in [-0.3, -0.25) is 0 Å². The normalized spacial score (nSPS) is 18.5. The number of hydrogen-bond donors (Lipinski definition) is 1. The molecule has 176 valence electrons. The highest BCUT2D eigenvalue weighted by Crippen LogP contribution is 2.41. The zero-order chi connectivity index (χ0) is 23.4. The van der Waals surface area contributed by atoms with Crippen LogP contribution >= 0.6 is 0 Å². The molecule has 34 heavy (non-hydrogen) atoms. The van der Waals surface area contributed by atoms with E-state index in [2.05, 4.69) is 34.2 Å². The minimum absolute atomic E-state index is 0.597. The summed E-state index contributed by atoms with van der Waals surface area (Å²) in [6.45, 7) is 2.81. The van der Waals surface area contributed by atoms with Gasteiger partial charge in [-0.05, 0) is 54.7 Å². The number of ether oxygens (including phenoxy) is 2. The Morgan fingerprint density at radius 2 is 1.88 bits per heavy atom. The number of nitrogens with zero attached hydrogens (tertiary/aromatic N) is 2. The van der Waals surface area contributed by atoms with Crippen LogP contribution in [0.15, 0.2) is 72.9 Å². The van der Waals surface area contributed by atoms with Gasteiger partial charge in [0.1, 0.15) is 11.5 Å². The molecule has 1 saturated heterocycles. The van der Waals surface area contributed by atoms with Gasteiger partial charge in [-0.1, -0.05) is 42.5 Å². The maximum atomic E-state index is 11.1. The summed E-state index contributed by atoms with van der Waals surface area (Å²) in [6.07, 6.45) is 8.12. The highest BCUT2D eigenvalue weighted by molar-refractivity contribution is 5.74. The van der Waals surface area contributed by atoms with Crippen LogP contribution in [-0.2, 0) is 12.8 Å². The average molecular weight is 457 g/mol. The second-order valence-electron chi connectivity index (χ2n) is 9.32. The van der Waals surface area contributed by atoms with Crippen molar-refractivity contribution in [2.45, 2.75) is 37.7 Å². The first-order valence-corrected chi connectivity index (χ1v) is 12.1. The van der Waals surface area contributed by atoms with Gasteiger partial charge in [0.2, 0.25) is 5.88 Å². The van der Waals surface area contributed by atoms with Crippen LogP contribution < -0.4 is 9.47 Å². The summed E-state index contributed by atoms with van der Waals surface area (Å²) in [5.74, 6) is 2.28. The quantitative estimate of drug-likeness (QED) is 0.547. The van der Waals surface area contributed by atoms with Crippen molar-refractivity contribution >= 4 is 5.57 Å². The Balaban J connectivity index is 1.25. The number of aliphatic hydroxyl groups is 1. The van der Waals surface area contributed by atoms with Crippen LogP contribution in [0.5, 0.6) is 17.4 Å². The number of piperidine rings is 1. The van der Waals surface area contributed by atoms with Gasteiger partial charge in [0, 0.05) is 49.8 Å². The fraction of sp³-hybridized carbons (Fsp3) is 0.345. The highest BCUT2D eigenvalue weighted by atomic mass is 16.5. The second kappa shape index (κ2) is 10.00. The molecule has 0 bridgehead atoms. The largest absolute Gasteiger partial charge is 0.496 e. The van der Waals surface area contributed by atoms with Gasteiger partial charge in [0.25, 0.3) is 0 Å². The molecule has 5 rings (SSSR count). The van der Waals surface area contributed by atoms with Crippen molar-refractivity contribution in [1.82, 2.24) is 9.88 Å². The smallest absolute Gasteiger partial charge is 0.226 e. The molecular formula is C29H32N2O3. The lowest BCUT2D eigenvalue weighted by Gasteiger charge is -2.38. The van der Waals surface area contributed by atoms with E-state index in [4.69, 9.17) is 9.47 Å². The van der Waals surface area contributed by atoms with E-state index in [-0.39, 0.29) is 0 Å². The first-order chi connectivity index (χ1) is 16.6. The van der Waals surface area contributed by atoms with Crippen molar-refractivity contribution in [2.75, 3.05) is 26.7 Å². The Bertz CT molecular complexity index is 1150. The van der Waals surface area contributed by atoms with Crippen molar-refractivity contribution in [3.8, 4) is 17.4 Å². The van der Waals surface area contributed by atoms with Gasteiger partial charge >= 0.3 is 0 Å². The molecule has 5 heteroatoms. The number of likely N-dealkylation sites (tertiary alicyclic amines) is 1. The fourth-order valence-corrected chi connectivity index (χ4v) is 5.06. The number of fused-ring (bicyclic) bond motifs is 2. The molecule has 2 aliphatic rings. The lowest BCUT2D eigenvalue weighted by Crippen LogP contribution is -2.45. The predicted molar refractivity (Wildman–Crippen MR) is 134 cm³/mol. The zero-order valence-corrected chi connectivity index (χ0v) is 19.7. The topological polar surface area (TPSA) is 54.8 Å². The highest BCUT2D eigenvalue weighted by Gasteiger charge is 2.32. The number of aromatic nitrogens is 1. The van der Waals surface area contributed by atoms with Crippen LogP contribution in [0.25, 0.3) is 5.57 Å². The summed E-state index contributed by atoms with van der Waals surface area (Å²) >= 11 is 0. The van der Waals surface area contributed by atoms with Gasteiger partial charge in [-0.25, -0.2) is 4.98 Å². The van der Waals surface area contributed by atoms with Crippen molar-refractivity contribution in [1.29, 1.82) is 0 Å². The van der Waals surface area contributed by atoms with E-state index in [0.717, 1.165) is 74.4 Å². The molecule has 0 radical (unpaired) electrons. The summed E-state index contributed by atoms with van der Waals surface area (Å²) in [4.78, 5) is 6.95. The van der Waals surface area contributed by atoms with Crippen LogP contribution in [0, 0.1) is 0 Å². The Hall–Kier alpha value is -3.15. The maximum absolute atomic E-state index is 11.1. The number of benzene rings is 2. The molecule has 3 aromatic rings. The Labute approximate surface area is 201 Å². The van der Waals surface area contributed by atoms with Crippen LogP contribution in [-0.4, -0.2) is 47.3 Å². The standard InChI is InChI=1S/C29H32N2O3/c1-33-26-12-5-13-27-25(26)20-23(24-11-6-16-30-28(24)34-27)10-7-17-31-18-14-29(32,15-19-31)21-22-8-3-2-4-9-22/h2-6,8-13,16,32H,7,14-15,17-21H2,1H3. The van der Waals surface area contributed by atoms with Crippen molar-refractivity contribution < 1.29 is 14.6 Å². The van der Waals surface area contributed by atoms with Gasteiger partial charge in [-0.15, -0.1) is 0 Å². The molecule has 2 aromatic carbocycles. The maximum Gasteiger partial charge on any atom is 0.226 e. The molecular weight excluding hydrogens is 424 g/mol. The molecule has 0 unspecified atom stereocenters. The van der Waals surface area contributed by atoms with E-state index in [1.54, 1.807) is 13.3 Å². The summed E-state index contributed by atoms with van der Waals surface area (Å²) in [7, 11) is 1.70. The Morgan fingerprint density at radius 3 is 2.68 bits per heavy atom. The summed E-state index contributed by atoms with van der Waals surface area (Å²) in [6, 6.07) is 20.3. The molecule has 0 spiro atoms. The van der Waals surface area contributed by atoms with Crippen LogP contribution in [0.4, 0.5) is 0 Å². The minimum Gasteiger partial charge on any atom is -0.496 e. The molecule has 0 amide bonds. The molecule has 1 fully saturated rings. The first kappa shape index (κ1) is 22.6. The first-order valence-electron chi connectivity index (χ1n) is 12.1. The summed E-state index contributed by atoms with van der Waals surface area (Å²) < 4.78 is 11.8. The predicted octanol–water partition coefficient (Wildman–Crippen LogP) is 5.28. The number of pyridine rings is 1. The van der Waals surface area contributed by atoms with Crippen LogP contribution in [0.1, 0.15) is 36.0 Å². The molecule has 0 aliphatic carbocycles. The summed E-state index contributed by atoms with van der Waals surface area (Å²) in [5, 5.41) is 11.1. The van der Waals surface area contributed by atoms with Gasteiger partial charge in [0.05, 0.1) is 12.7 Å². The van der Waals surface area contributed by atoms with Crippen molar-refractivity contribution in [3.63, 3.8) is 0 Å². The SMILES string of the molecule is COc1cccc2c1CC(=CCCN1CCC(O)(Cc3ccccc3)CC1)c1cccnc1O2. The van der Waals surface area contributed by atoms with E-state index >= 15 is 0 Å². The molecule has 0 atom stereocenters. The molecule has 0 saturated carbocycles. The Kier molecular flexibility index (Phi) is 6.66. The van der Waals surface area contributed by atoms with Gasteiger partial charge < -0.3 is 19.5 Å². The van der Waals surface area contributed by atoms with E-state index in [1.807, 2.05) is 42.5 Å². The lowest BCUT2D eigenvalue weighted by molar-refractivity contribution is -0.0201. The van der Waals surface area contributed by atoms with E-state index in [9.17, 15) is 5.11 Å². The molecule has 2 aliphatic heterocycles. The average Bonchev–Trinajstić information content (AvgIpc) is 3.02. The summed E-state index contributed by atoms with van der Waals surface area (Å²) in [5.41, 5.74) is 3.92. The van der Waals surface area contributed by atoms with E-state index < -0.39 is 5.60 Å². The Morgan fingerprint density at radius 1 is 1.06 bits per heavy atom. The molecule has 3 heterocycles. The molecule has 1 N–H and O–H groups in total. The second-order valence-corrected chi connectivity index (χ2v) is 9.32. The zero-order valence-electron chi connectivity index (χ0n) is 19.7. The number of methoxy groups -OCH3 is 1. The molecule has 1 aromatic heterocycles. The van der Waals surface area contributed by atoms with E-state index in [0.29, 0.717) is 5.88 Å². The minimum atomic E-state index is -0.597. The third-order valence-corrected chi connectivity index (χ3v) is 7.00. The van der Waals surface area contributed by atoms with E-state index in [1.165, 1.54) is 11.1 Å². The monoisotopic (exact) mass is 456 g/mol. The third kappa shape index (κ3) is 5.01. The molecule has 5 nitrogen and oxygen atoms in total. The number of hydrogen-bond acceptors (Lipinski definition) is 5. The van der Waals surface area contributed by atoms with Crippen molar-refractivity contribution in [2.24, 2.45) is 0 Å². The van der Waals surface area contributed by atoms with Gasteiger partial charge in [-0.2, -0.15) is 0 Å².